The number of rotatable bonds is 6. The summed E-state index contributed by atoms with van der Waals surface area (Å²) >= 11 is 0. The Morgan fingerprint density at radius 1 is 1.22 bits per heavy atom. The molecule has 2 fully saturated rings. The molecule has 4 amide bonds. The number of ether oxygens (including phenoxy) is 1. The van der Waals surface area contributed by atoms with Crippen LogP contribution in [0.25, 0.3) is 0 Å². The molecular weight excluding hydrogens is 346 g/mol. The molecule has 0 unspecified atom stereocenters. The van der Waals surface area contributed by atoms with Crippen LogP contribution in [0.3, 0.4) is 0 Å². The van der Waals surface area contributed by atoms with E-state index in [9.17, 15) is 14.4 Å². The first kappa shape index (κ1) is 19.4. The normalized spacial score (nSPS) is 18.9. The van der Waals surface area contributed by atoms with Crippen molar-refractivity contribution in [3.05, 3.63) is 35.4 Å². The molecule has 2 aliphatic heterocycles. The molecule has 2 saturated heterocycles. The number of carbonyl (C=O) groups is 3. The lowest BCUT2D eigenvalue weighted by Gasteiger charge is -2.30. The van der Waals surface area contributed by atoms with E-state index in [0.29, 0.717) is 44.1 Å². The molecule has 1 aromatic carbocycles. The van der Waals surface area contributed by atoms with Gasteiger partial charge >= 0.3 is 6.03 Å². The first-order valence-corrected chi connectivity index (χ1v) is 9.50. The van der Waals surface area contributed by atoms with Gasteiger partial charge in [0.1, 0.15) is 5.54 Å². The van der Waals surface area contributed by atoms with E-state index in [1.165, 1.54) is 4.90 Å². The highest BCUT2D eigenvalue weighted by Gasteiger charge is 2.51. The van der Waals surface area contributed by atoms with Crippen LogP contribution in [0.1, 0.15) is 49.0 Å². The Labute approximate surface area is 159 Å². The van der Waals surface area contributed by atoms with Crippen LogP contribution in [0.15, 0.2) is 24.3 Å². The van der Waals surface area contributed by atoms with Crippen molar-refractivity contribution in [2.24, 2.45) is 5.92 Å². The van der Waals surface area contributed by atoms with Gasteiger partial charge in [0, 0.05) is 38.2 Å². The lowest BCUT2D eigenvalue weighted by molar-refractivity contribution is -0.134. The number of carbonyl (C=O) groups excluding carboxylic acids is 3. The largest absolute Gasteiger partial charge is 0.381 e. The Morgan fingerprint density at radius 2 is 1.89 bits per heavy atom. The lowest BCUT2D eigenvalue weighted by Crippen LogP contribution is -2.51. The van der Waals surface area contributed by atoms with E-state index in [1.54, 1.807) is 24.3 Å². The fraction of sp³-hybridized carbons (Fsp3) is 0.550. The van der Waals surface area contributed by atoms with Crippen LogP contribution in [0, 0.1) is 5.92 Å². The molecule has 0 aromatic heterocycles. The van der Waals surface area contributed by atoms with E-state index >= 15 is 0 Å². The summed E-state index contributed by atoms with van der Waals surface area (Å²) in [7, 11) is 0. The van der Waals surface area contributed by atoms with Crippen LogP contribution in [-0.2, 0) is 16.1 Å². The molecule has 27 heavy (non-hydrogen) atoms. The predicted molar refractivity (Wildman–Crippen MR) is 100 cm³/mol. The van der Waals surface area contributed by atoms with Gasteiger partial charge in [-0.1, -0.05) is 26.0 Å². The molecule has 0 saturated carbocycles. The molecule has 1 aromatic rings. The minimum atomic E-state index is -0.814. The third-order valence-electron chi connectivity index (χ3n) is 5.16. The van der Waals surface area contributed by atoms with E-state index in [-0.39, 0.29) is 24.4 Å². The first-order valence-electron chi connectivity index (χ1n) is 9.50. The van der Waals surface area contributed by atoms with Crippen molar-refractivity contribution in [2.75, 3.05) is 19.8 Å². The molecule has 7 nitrogen and oxygen atoms in total. The van der Waals surface area contributed by atoms with Crippen molar-refractivity contribution in [3.63, 3.8) is 0 Å². The number of urea groups is 1. The van der Waals surface area contributed by atoms with E-state index in [0.717, 1.165) is 12.0 Å². The Bertz CT molecular complexity index is 708. The zero-order valence-electron chi connectivity index (χ0n) is 15.9. The molecular formula is C20H27N3O4. The average Bonchev–Trinajstić information content (AvgIpc) is 2.86. The highest BCUT2D eigenvalue weighted by atomic mass is 16.5. The number of benzene rings is 1. The van der Waals surface area contributed by atoms with Crippen molar-refractivity contribution in [3.8, 4) is 0 Å². The Morgan fingerprint density at radius 3 is 2.52 bits per heavy atom. The summed E-state index contributed by atoms with van der Waals surface area (Å²) in [4.78, 5) is 38.5. The van der Waals surface area contributed by atoms with Gasteiger partial charge < -0.3 is 15.4 Å². The monoisotopic (exact) mass is 373 g/mol. The van der Waals surface area contributed by atoms with Crippen molar-refractivity contribution < 1.29 is 19.1 Å². The maximum Gasteiger partial charge on any atom is 0.325 e. The van der Waals surface area contributed by atoms with Gasteiger partial charge in [-0.25, -0.2) is 4.79 Å². The smallest absolute Gasteiger partial charge is 0.325 e. The Kier molecular flexibility index (Phi) is 5.79. The third kappa shape index (κ3) is 4.30. The minimum absolute atomic E-state index is 0.113. The number of amides is 4. The van der Waals surface area contributed by atoms with Gasteiger partial charge in [0.15, 0.2) is 0 Å². The summed E-state index contributed by atoms with van der Waals surface area (Å²) in [6, 6.07) is 6.66. The second-order valence-corrected chi connectivity index (χ2v) is 7.65. The zero-order chi connectivity index (χ0) is 19.4. The summed E-state index contributed by atoms with van der Waals surface area (Å²) in [5.74, 6) is 0.237. The van der Waals surface area contributed by atoms with Crippen LogP contribution < -0.4 is 10.6 Å². The highest BCUT2D eigenvalue weighted by molar-refractivity contribution is 6.07. The third-order valence-corrected chi connectivity index (χ3v) is 5.16. The van der Waals surface area contributed by atoms with Crippen molar-refractivity contribution in [1.29, 1.82) is 0 Å². The molecule has 2 N–H and O–H groups in total. The van der Waals surface area contributed by atoms with Gasteiger partial charge in [-0.15, -0.1) is 0 Å². The molecule has 1 spiro atoms. The summed E-state index contributed by atoms with van der Waals surface area (Å²) in [6.07, 6.45) is 1.94. The second-order valence-electron chi connectivity index (χ2n) is 7.65. The lowest BCUT2D eigenvalue weighted by atomic mass is 9.90. The van der Waals surface area contributed by atoms with E-state index < -0.39 is 5.54 Å². The number of imide groups is 1. The van der Waals surface area contributed by atoms with Gasteiger partial charge in [0.2, 0.25) is 0 Å². The number of hydrogen-bond acceptors (Lipinski definition) is 4. The number of nitrogens with one attached hydrogen (secondary N) is 2. The fourth-order valence-electron chi connectivity index (χ4n) is 3.40. The maximum absolute atomic E-state index is 12.8. The quantitative estimate of drug-likeness (QED) is 0.747. The van der Waals surface area contributed by atoms with Crippen molar-refractivity contribution >= 4 is 17.8 Å². The highest BCUT2D eigenvalue weighted by Crippen LogP contribution is 2.29. The molecule has 0 aliphatic carbocycles. The molecule has 2 heterocycles. The van der Waals surface area contributed by atoms with Crippen LogP contribution >= 0.6 is 0 Å². The Balaban J connectivity index is 1.60. The van der Waals surface area contributed by atoms with Crippen molar-refractivity contribution in [1.82, 2.24) is 15.5 Å². The summed E-state index contributed by atoms with van der Waals surface area (Å²) in [5, 5.41) is 5.74. The molecule has 3 rings (SSSR count). The van der Waals surface area contributed by atoms with Crippen LogP contribution in [0.4, 0.5) is 4.79 Å². The minimum Gasteiger partial charge on any atom is -0.381 e. The van der Waals surface area contributed by atoms with Gasteiger partial charge in [-0.2, -0.15) is 0 Å². The van der Waals surface area contributed by atoms with Crippen molar-refractivity contribution in [2.45, 2.75) is 45.2 Å². The summed E-state index contributed by atoms with van der Waals surface area (Å²) in [5.41, 5.74) is 0.563. The fourth-order valence-corrected chi connectivity index (χ4v) is 3.40. The predicted octanol–water partition coefficient (Wildman–Crippen LogP) is 2.06. The molecule has 0 radical (unpaired) electrons. The topological polar surface area (TPSA) is 87.7 Å². The van der Waals surface area contributed by atoms with Gasteiger partial charge in [0.05, 0.1) is 6.54 Å². The average molecular weight is 373 g/mol. The maximum atomic E-state index is 12.8. The second kappa shape index (κ2) is 8.08. The van der Waals surface area contributed by atoms with E-state index in [1.807, 2.05) is 0 Å². The SMILES string of the molecule is CC(C)CCNC(=O)c1ccc(CN2C(=O)NC3(CCOCC3)C2=O)cc1. The van der Waals surface area contributed by atoms with Gasteiger partial charge in [-0.3, -0.25) is 14.5 Å². The van der Waals surface area contributed by atoms with Crippen LogP contribution in [-0.4, -0.2) is 48.0 Å². The first-order chi connectivity index (χ1) is 12.9. The van der Waals surface area contributed by atoms with E-state index in [4.69, 9.17) is 4.74 Å². The van der Waals surface area contributed by atoms with Gasteiger partial charge in [-0.05, 0) is 30.0 Å². The van der Waals surface area contributed by atoms with Crippen LogP contribution in [0.2, 0.25) is 0 Å². The molecule has 0 atom stereocenters. The Hall–Kier alpha value is -2.41. The molecule has 0 bridgehead atoms. The molecule has 146 valence electrons. The standard InChI is InChI=1S/C20H27N3O4/c1-14(2)7-10-21-17(24)16-5-3-15(4-6-16)13-23-18(25)20(22-19(23)26)8-11-27-12-9-20/h3-6,14H,7-13H2,1-2H3,(H,21,24)(H,22,26). The van der Waals surface area contributed by atoms with E-state index in [2.05, 4.69) is 24.5 Å². The summed E-state index contributed by atoms with van der Waals surface area (Å²) in [6.45, 7) is 6.01. The van der Waals surface area contributed by atoms with Gasteiger partial charge in [0.25, 0.3) is 11.8 Å². The summed E-state index contributed by atoms with van der Waals surface area (Å²) < 4.78 is 5.31. The molecule has 2 aliphatic rings. The molecule has 7 heteroatoms. The number of nitrogens with zero attached hydrogens (tertiary/aromatic N) is 1. The van der Waals surface area contributed by atoms with Crippen LogP contribution in [0.5, 0.6) is 0 Å². The zero-order valence-corrected chi connectivity index (χ0v) is 15.9. The number of hydrogen-bond donors (Lipinski definition) is 2.